The Balaban J connectivity index is 1.59. The lowest BCUT2D eigenvalue weighted by molar-refractivity contribution is -0.119. The number of nitrogens with one attached hydrogen (secondary N) is 1. The first kappa shape index (κ1) is 19.4. The summed E-state index contributed by atoms with van der Waals surface area (Å²) in [4.78, 5) is 13.9. The van der Waals surface area contributed by atoms with Gasteiger partial charge in [0.2, 0.25) is 15.9 Å². The molecule has 0 aliphatic carbocycles. The molecule has 1 fully saturated rings. The quantitative estimate of drug-likeness (QED) is 0.798. The molecule has 1 saturated heterocycles. The SMILES string of the molecule is O=C1CCCCN1c1ccc(C#CCNS(=O)(=O)c2ccc(Cl)cc2)cc1. The summed E-state index contributed by atoms with van der Waals surface area (Å²) in [5.41, 5.74) is 1.63. The Labute approximate surface area is 164 Å². The Kier molecular flexibility index (Phi) is 6.17. The molecule has 0 radical (unpaired) electrons. The summed E-state index contributed by atoms with van der Waals surface area (Å²) in [6.07, 6.45) is 2.56. The lowest BCUT2D eigenvalue weighted by atomic mass is 10.1. The molecule has 1 heterocycles. The van der Waals surface area contributed by atoms with Crippen LogP contribution in [-0.4, -0.2) is 27.4 Å². The fraction of sp³-hybridized carbons (Fsp3) is 0.250. The minimum absolute atomic E-state index is 0.00266. The standard InChI is InChI=1S/C20H19ClN2O3S/c21-17-8-12-19(13-9-17)27(25,26)22-14-3-4-16-6-10-18(11-7-16)23-15-2-1-5-20(23)24/h6-13,22H,1-2,5,14-15H2. The van der Waals surface area contributed by atoms with Gasteiger partial charge in [0.1, 0.15) is 0 Å². The highest BCUT2D eigenvalue weighted by Crippen LogP contribution is 2.21. The van der Waals surface area contributed by atoms with E-state index < -0.39 is 10.0 Å². The molecule has 1 N–H and O–H groups in total. The maximum absolute atomic E-state index is 12.1. The van der Waals surface area contributed by atoms with E-state index in [1.54, 1.807) is 4.90 Å². The van der Waals surface area contributed by atoms with Crippen molar-refractivity contribution in [3.8, 4) is 11.8 Å². The van der Waals surface area contributed by atoms with Crippen LogP contribution in [0.4, 0.5) is 5.69 Å². The first-order chi connectivity index (χ1) is 13.0. The fourth-order valence-electron chi connectivity index (χ4n) is 2.78. The van der Waals surface area contributed by atoms with E-state index in [0.717, 1.165) is 30.6 Å². The second-order valence-corrected chi connectivity index (χ2v) is 8.33. The van der Waals surface area contributed by atoms with E-state index in [2.05, 4.69) is 16.6 Å². The van der Waals surface area contributed by atoms with Crippen LogP contribution in [0.3, 0.4) is 0 Å². The van der Waals surface area contributed by atoms with Crippen LogP contribution in [0.15, 0.2) is 53.4 Å². The van der Waals surface area contributed by atoms with E-state index in [1.807, 2.05) is 24.3 Å². The Bertz CT molecular complexity index is 975. The number of anilines is 1. The molecular formula is C20H19ClN2O3S. The Hall–Kier alpha value is -2.33. The highest BCUT2D eigenvalue weighted by atomic mass is 35.5. The van der Waals surface area contributed by atoms with E-state index in [0.29, 0.717) is 11.4 Å². The Morgan fingerprint density at radius 2 is 1.74 bits per heavy atom. The topological polar surface area (TPSA) is 66.5 Å². The lowest BCUT2D eigenvalue weighted by Gasteiger charge is -2.26. The first-order valence-electron chi connectivity index (χ1n) is 8.60. The predicted octanol–water partition coefficient (Wildman–Crippen LogP) is 3.19. The zero-order valence-corrected chi connectivity index (χ0v) is 16.2. The number of nitrogens with zero attached hydrogens (tertiary/aromatic N) is 1. The molecule has 0 bridgehead atoms. The molecule has 1 aliphatic heterocycles. The van der Waals surface area contributed by atoms with Crippen LogP contribution in [0.1, 0.15) is 24.8 Å². The lowest BCUT2D eigenvalue weighted by Crippen LogP contribution is -2.35. The molecule has 5 nitrogen and oxygen atoms in total. The molecule has 140 valence electrons. The van der Waals surface area contributed by atoms with Gasteiger partial charge >= 0.3 is 0 Å². The molecule has 1 aliphatic rings. The van der Waals surface area contributed by atoms with E-state index in [-0.39, 0.29) is 17.3 Å². The molecule has 0 spiro atoms. The number of piperidine rings is 1. The zero-order chi connectivity index (χ0) is 19.3. The summed E-state index contributed by atoms with van der Waals surface area (Å²) >= 11 is 5.77. The fourth-order valence-corrected chi connectivity index (χ4v) is 3.83. The van der Waals surface area contributed by atoms with Crippen LogP contribution in [0.5, 0.6) is 0 Å². The van der Waals surface area contributed by atoms with Crippen molar-refractivity contribution in [2.75, 3.05) is 18.0 Å². The number of hydrogen-bond acceptors (Lipinski definition) is 3. The molecule has 0 aromatic heterocycles. The number of carbonyl (C=O) groups excluding carboxylic acids is 1. The van der Waals surface area contributed by atoms with Crippen molar-refractivity contribution in [3.63, 3.8) is 0 Å². The molecular weight excluding hydrogens is 384 g/mol. The highest BCUT2D eigenvalue weighted by Gasteiger charge is 2.19. The smallest absolute Gasteiger partial charge is 0.241 e. The summed E-state index contributed by atoms with van der Waals surface area (Å²) in [6.45, 7) is 0.744. The van der Waals surface area contributed by atoms with Crippen LogP contribution in [0.2, 0.25) is 5.02 Å². The molecule has 2 aromatic rings. The van der Waals surface area contributed by atoms with Crippen LogP contribution < -0.4 is 9.62 Å². The summed E-state index contributed by atoms with van der Waals surface area (Å²) in [6, 6.07) is 13.3. The normalized spacial score (nSPS) is 14.6. The summed E-state index contributed by atoms with van der Waals surface area (Å²) < 4.78 is 26.7. The molecule has 3 rings (SSSR count). The maximum Gasteiger partial charge on any atom is 0.241 e. The zero-order valence-electron chi connectivity index (χ0n) is 14.6. The number of carbonyl (C=O) groups is 1. The highest BCUT2D eigenvalue weighted by molar-refractivity contribution is 7.89. The minimum atomic E-state index is -3.61. The van der Waals surface area contributed by atoms with Gasteiger partial charge in [-0.05, 0) is 61.4 Å². The van der Waals surface area contributed by atoms with Gasteiger partial charge in [0.15, 0.2) is 0 Å². The first-order valence-corrected chi connectivity index (χ1v) is 10.5. The van der Waals surface area contributed by atoms with Gasteiger partial charge < -0.3 is 4.90 Å². The van der Waals surface area contributed by atoms with Crippen molar-refractivity contribution < 1.29 is 13.2 Å². The van der Waals surface area contributed by atoms with Gasteiger partial charge in [-0.1, -0.05) is 23.4 Å². The van der Waals surface area contributed by atoms with Crippen LogP contribution in [-0.2, 0) is 14.8 Å². The van der Waals surface area contributed by atoms with Gasteiger partial charge in [-0.3, -0.25) is 4.79 Å². The van der Waals surface area contributed by atoms with Gasteiger partial charge in [-0.2, -0.15) is 4.72 Å². The largest absolute Gasteiger partial charge is 0.312 e. The third kappa shape index (κ3) is 5.10. The number of sulfonamides is 1. The van der Waals surface area contributed by atoms with Gasteiger partial charge in [0.25, 0.3) is 0 Å². The van der Waals surface area contributed by atoms with Crippen molar-refractivity contribution in [1.29, 1.82) is 0 Å². The van der Waals surface area contributed by atoms with Crippen molar-refractivity contribution in [3.05, 3.63) is 59.1 Å². The third-order valence-corrected chi connectivity index (χ3v) is 5.88. The average molecular weight is 403 g/mol. The van der Waals surface area contributed by atoms with E-state index in [4.69, 9.17) is 11.6 Å². The van der Waals surface area contributed by atoms with Crippen LogP contribution >= 0.6 is 11.6 Å². The monoisotopic (exact) mass is 402 g/mol. The van der Waals surface area contributed by atoms with Crippen molar-refractivity contribution in [2.24, 2.45) is 0 Å². The Morgan fingerprint density at radius 1 is 1.04 bits per heavy atom. The molecule has 0 unspecified atom stereocenters. The molecule has 2 aromatic carbocycles. The maximum atomic E-state index is 12.1. The van der Waals surface area contributed by atoms with E-state index >= 15 is 0 Å². The third-order valence-electron chi connectivity index (χ3n) is 4.21. The molecule has 1 amide bonds. The summed E-state index contributed by atoms with van der Waals surface area (Å²) in [5, 5.41) is 0.475. The number of hydrogen-bond donors (Lipinski definition) is 1. The predicted molar refractivity (Wildman–Crippen MR) is 106 cm³/mol. The summed E-state index contributed by atoms with van der Waals surface area (Å²) in [7, 11) is -3.61. The molecule has 7 heteroatoms. The van der Waals surface area contributed by atoms with Crippen molar-refractivity contribution in [1.82, 2.24) is 4.72 Å². The summed E-state index contributed by atoms with van der Waals surface area (Å²) in [5.74, 6) is 5.87. The molecule has 0 saturated carbocycles. The minimum Gasteiger partial charge on any atom is -0.312 e. The number of amides is 1. The van der Waals surface area contributed by atoms with Crippen molar-refractivity contribution in [2.45, 2.75) is 24.2 Å². The number of benzene rings is 2. The van der Waals surface area contributed by atoms with Crippen LogP contribution in [0.25, 0.3) is 0 Å². The van der Waals surface area contributed by atoms with Gasteiger partial charge in [0, 0.05) is 29.2 Å². The number of rotatable bonds is 4. The van der Waals surface area contributed by atoms with Crippen molar-refractivity contribution >= 4 is 33.2 Å². The van der Waals surface area contributed by atoms with Gasteiger partial charge in [0.05, 0.1) is 11.4 Å². The Morgan fingerprint density at radius 3 is 2.41 bits per heavy atom. The van der Waals surface area contributed by atoms with E-state index in [9.17, 15) is 13.2 Å². The van der Waals surface area contributed by atoms with Crippen LogP contribution in [0, 0.1) is 11.8 Å². The van der Waals surface area contributed by atoms with Gasteiger partial charge in [-0.25, -0.2) is 8.42 Å². The molecule has 0 atom stereocenters. The average Bonchev–Trinajstić information content (AvgIpc) is 2.67. The second kappa shape index (κ2) is 8.57. The molecule has 27 heavy (non-hydrogen) atoms. The second-order valence-electron chi connectivity index (χ2n) is 6.13. The number of halogens is 1. The van der Waals surface area contributed by atoms with E-state index in [1.165, 1.54) is 24.3 Å². The van der Waals surface area contributed by atoms with Gasteiger partial charge in [-0.15, -0.1) is 0 Å².